The first-order chi connectivity index (χ1) is 13.4. The molecular formula is C20H34N4O3S. The molecule has 1 saturated carbocycles. The molecular weight excluding hydrogens is 376 g/mol. The molecule has 2 saturated heterocycles. The van der Waals surface area contributed by atoms with E-state index in [0.717, 1.165) is 70.5 Å². The largest absolute Gasteiger partial charge is 0.376 e. The van der Waals surface area contributed by atoms with Crippen molar-refractivity contribution in [3.8, 4) is 0 Å². The molecule has 2 aliphatic heterocycles. The molecule has 4 rings (SSSR count). The molecule has 1 aliphatic carbocycles. The molecule has 8 heteroatoms. The predicted molar refractivity (Wildman–Crippen MR) is 108 cm³/mol. The van der Waals surface area contributed by atoms with Gasteiger partial charge in [-0.1, -0.05) is 0 Å². The molecule has 0 unspecified atom stereocenters. The van der Waals surface area contributed by atoms with Crippen LogP contribution in [-0.2, 0) is 27.7 Å². The van der Waals surface area contributed by atoms with Gasteiger partial charge in [-0.2, -0.15) is 0 Å². The smallest absolute Gasteiger partial charge is 0.227 e. The standard InChI is InChI=1S/C20H34N4O3S/c1-22-9-7-17(8-10-22)23(2)13-18-12-21-20(28(25,26)15-16-5-6-16)24(18)14-19-4-3-11-27-19/h12,16-17,19H,3-11,13-15H2,1-2H3/t19-/m1/s1. The number of nitrogens with zero attached hydrogens (tertiary/aromatic N) is 4. The van der Waals surface area contributed by atoms with E-state index in [9.17, 15) is 8.42 Å². The predicted octanol–water partition coefficient (Wildman–Crippen LogP) is 1.77. The molecule has 7 nitrogen and oxygen atoms in total. The van der Waals surface area contributed by atoms with Crippen LogP contribution >= 0.6 is 0 Å². The van der Waals surface area contributed by atoms with E-state index in [1.165, 1.54) is 0 Å². The Labute approximate surface area is 169 Å². The zero-order valence-electron chi connectivity index (χ0n) is 17.2. The summed E-state index contributed by atoms with van der Waals surface area (Å²) in [4.78, 5) is 9.14. The first-order valence-electron chi connectivity index (χ1n) is 10.7. The zero-order chi connectivity index (χ0) is 19.7. The van der Waals surface area contributed by atoms with Gasteiger partial charge in [-0.25, -0.2) is 13.4 Å². The summed E-state index contributed by atoms with van der Waals surface area (Å²) in [7, 11) is 0.976. The van der Waals surface area contributed by atoms with Crippen molar-refractivity contribution < 1.29 is 13.2 Å². The van der Waals surface area contributed by atoms with Gasteiger partial charge in [0.1, 0.15) is 0 Å². The van der Waals surface area contributed by atoms with Crippen molar-refractivity contribution in [2.45, 2.75) is 68.9 Å². The number of aromatic nitrogens is 2. The summed E-state index contributed by atoms with van der Waals surface area (Å²) >= 11 is 0. The van der Waals surface area contributed by atoms with Gasteiger partial charge in [-0.3, -0.25) is 4.90 Å². The number of piperidine rings is 1. The van der Waals surface area contributed by atoms with Crippen molar-refractivity contribution >= 4 is 9.84 Å². The number of rotatable bonds is 8. The fourth-order valence-corrected chi connectivity index (χ4v) is 6.29. The molecule has 1 aromatic rings. The molecule has 158 valence electrons. The third kappa shape index (κ3) is 4.78. The van der Waals surface area contributed by atoms with E-state index in [1.54, 1.807) is 6.20 Å². The Hall–Kier alpha value is -0.960. The molecule has 3 heterocycles. The molecule has 3 aliphatic rings. The van der Waals surface area contributed by atoms with Crippen molar-refractivity contribution in [3.63, 3.8) is 0 Å². The molecule has 28 heavy (non-hydrogen) atoms. The highest BCUT2D eigenvalue weighted by molar-refractivity contribution is 7.91. The van der Waals surface area contributed by atoms with Crippen LogP contribution in [0.3, 0.4) is 0 Å². The van der Waals surface area contributed by atoms with Crippen LogP contribution in [-0.4, -0.2) is 79.5 Å². The fourth-order valence-electron chi connectivity index (χ4n) is 4.44. The van der Waals surface area contributed by atoms with E-state index in [4.69, 9.17) is 4.74 Å². The van der Waals surface area contributed by atoms with Gasteiger partial charge in [-0.15, -0.1) is 0 Å². The highest BCUT2D eigenvalue weighted by Crippen LogP contribution is 2.32. The van der Waals surface area contributed by atoms with Gasteiger partial charge in [-0.05, 0) is 71.6 Å². The van der Waals surface area contributed by atoms with Gasteiger partial charge in [0.15, 0.2) is 0 Å². The topological polar surface area (TPSA) is 67.7 Å². The second kappa shape index (κ2) is 8.42. The Bertz CT molecular complexity index is 760. The lowest BCUT2D eigenvalue weighted by Crippen LogP contribution is -2.41. The summed E-state index contributed by atoms with van der Waals surface area (Å²) < 4.78 is 33.7. The summed E-state index contributed by atoms with van der Waals surface area (Å²) in [6.45, 7) is 4.33. The van der Waals surface area contributed by atoms with Gasteiger partial charge in [0.25, 0.3) is 0 Å². The van der Waals surface area contributed by atoms with E-state index in [0.29, 0.717) is 18.5 Å². The molecule has 0 amide bonds. The van der Waals surface area contributed by atoms with Crippen LogP contribution in [0, 0.1) is 5.92 Å². The molecule has 0 aromatic carbocycles. The molecule has 0 radical (unpaired) electrons. The van der Waals surface area contributed by atoms with Gasteiger partial charge < -0.3 is 14.2 Å². The van der Waals surface area contributed by atoms with Crippen molar-refractivity contribution in [2.24, 2.45) is 5.92 Å². The van der Waals surface area contributed by atoms with E-state index in [-0.39, 0.29) is 17.0 Å². The van der Waals surface area contributed by atoms with Crippen molar-refractivity contribution in [3.05, 3.63) is 11.9 Å². The van der Waals surface area contributed by atoms with Gasteiger partial charge >= 0.3 is 0 Å². The summed E-state index contributed by atoms with van der Waals surface area (Å²) in [6, 6.07) is 0.536. The number of likely N-dealkylation sites (tertiary alicyclic amines) is 1. The van der Waals surface area contributed by atoms with Crippen molar-refractivity contribution in [1.29, 1.82) is 0 Å². The van der Waals surface area contributed by atoms with E-state index >= 15 is 0 Å². The maximum Gasteiger partial charge on any atom is 0.227 e. The minimum absolute atomic E-state index is 0.0939. The van der Waals surface area contributed by atoms with Crippen molar-refractivity contribution in [1.82, 2.24) is 19.4 Å². The van der Waals surface area contributed by atoms with E-state index in [2.05, 4.69) is 28.9 Å². The second-order valence-corrected chi connectivity index (χ2v) is 10.9. The van der Waals surface area contributed by atoms with Crippen LogP contribution in [0.15, 0.2) is 11.4 Å². The van der Waals surface area contributed by atoms with E-state index < -0.39 is 9.84 Å². The fraction of sp³-hybridized carbons (Fsp3) is 0.850. The van der Waals surface area contributed by atoms with Crippen LogP contribution in [0.1, 0.15) is 44.2 Å². The average molecular weight is 411 g/mol. The number of sulfone groups is 1. The SMILES string of the molecule is CN1CCC(N(C)Cc2cnc(S(=O)(=O)CC3CC3)n2C[C@H]2CCCO2)CC1. The van der Waals surface area contributed by atoms with Crippen LogP contribution < -0.4 is 0 Å². The maximum absolute atomic E-state index is 13.0. The molecule has 3 fully saturated rings. The minimum atomic E-state index is -3.35. The van der Waals surface area contributed by atoms with Crippen LogP contribution in [0.4, 0.5) is 0 Å². The molecule has 0 N–H and O–H groups in total. The Kier molecular flexibility index (Phi) is 6.11. The van der Waals surface area contributed by atoms with Gasteiger partial charge in [0.2, 0.25) is 15.0 Å². The monoisotopic (exact) mass is 410 g/mol. The highest BCUT2D eigenvalue weighted by atomic mass is 32.2. The maximum atomic E-state index is 13.0. The van der Waals surface area contributed by atoms with E-state index in [1.807, 2.05) is 4.57 Å². The third-order valence-electron chi connectivity index (χ3n) is 6.46. The Morgan fingerprint density at radius 1 is 1.21 bits per heavy atom. The zero-order valence-corrected chi connectivity index (χ0v) is 18.0. The first kappa shape index (κ1) is 20.3. The Morgan fingerprint density at radius 3 is 2.61 bits per heavy atom. The van der Waals surface area contributed by atoms with Crippen LogP contribution in [0.25, 0.3) is 0 Å². The van der Waals surface area contributed by atoms with Gasteiger partial charge in [0.05, 0.1) is 30.3 Å². The summed E-state index contributed by atoms with van der Waals surface area (Å²) in [5.41, 5.74) is 0.992. The lowest BCUT2D eigenvalue weighted by Gasteiger charge is -2.35. The number of ether oxygens (including phenoxy) is 1. The summed E-state index contributed by atoms with van der Waals surface area (Å²) in [5.74, 6) is 0.558. The number of imidazole rings is 1. The molecule has 0 bridgehead atoms. The number of hydrogen-bond donors (Lipinski definition) is 0. The minimum Gasteiger partial charge on any atom is -0.376 e. The van der Waals surface area contributed by atoms with Crippen LogP contribution in [0.2, 0.25) is 0 Å². The average Bonchev–Trinajstić information content (AvgIpc) is 3.15. The first-order valence-corrected chi connectivity index (χ1v) is 12.3. The normalized spacial score (nSPS) is 25.0. The number of hydrogen-bond acceptors (Lipinski definition) is 6. The molecule has 1 atom stereocenters. The summed E-state index contributed by atoms with van der Waals surface area (Å²) in [6.07, 6.45) is 8.27. The summed E-state index contributed by atoms with van der Waals surface area (Å²) in [5, 5.41) is 0.252. The van der Waals surface area contributed by atoms with Crippen LogP contribution in [0.5, 0.6) is 0 Å². The second-order valence-electron chi connectivity index (χ2n) is 8.95. The quantitative estimate of drug-likeness (QED) is 0.651. The Balaban J connectivity index is 1.53. The lowest BCUT2D eigenvalue weighted by atomic mass is 10.0. The molecule has 0 spiro atoms. The third-order valence-corrected chi connectivity index (χ3v) is 8.26. The van der Waals surface area contributed by atoms with Crippen molar-refractivity contribution in [2.75, 3.05) is 39.5 Å². The highest BCUT2D eigenvalue weighted by Gasteiger charge is 2.33. The Morgan fingerprint density at radius 2 is 1.96 bits per heavy atom. The molecule has 1 aromatic heterocycles. The van der Waals surface area contributed by atoms with Gasteiger partial charge in [0, 0.05) is 19.2 Å². The lowest BCUT2D eigenvalue weighted by molar-refractivity contribution is 0.0920.